The summed E-state index contributed by atoms with van der Waals surface area (Å²) in [6, 6.07) is 13.2. The van der Waals surface area contributed by atoms with Crippen molar-refractivity contribution in [3.05, 3.63) is 67.2 Å². The van der Waals surface area contributed by atoms with E-state index in [1.807, 2.05) is 36.4 Å². The van der Waals surface area contributed by atoms with E-state index in [4.69, 9.17) is 23.2 Å². The average molecular weight is 393 g/mol. The summed E-state index contributed by atoms with van der Waals surface area (Å²) in [6.07, 6.45) is -0.116. The van der Waals surface area contributed by atoms with Gasteiger partial charge in [0, 0.05) is 9.99 Å². The van der Waals surface area contributed by atoms with E-state index in [9.17, 15) is 5.11 Å². The van der Waals surface area contributed by atoms with E-state index in [1.54, 1.807) is 6.07 Å². The second-order valence-electron chi connectivity index (χ2n) is 3.99. The molecule has 0 aromatic heterocycles. The summed E-state index contributed by atoms with van der Waals surface area (Å²) in [7, 11) is 0. The molecule has 4 heteroatoms. The molecule has 0 saturated heterocycles. The van der Waals surface area contributed by atoms with E-state index in [-0.39, 0.29) is 0 Å². The fourth-order valence-electron chi connectivity index (χ4n) is 1.75. The van der Waals surface area contributed by atoms with Crippen LogP contribution in [-0.4, -0.2) is 5.11 Å². The lowest BCUT2D eigenvalue weighted by molar-refractivity contribution is 0.178. The smallest absolute Gasteiger partial charge is 0.0831 e. The Bertz CT molecular complexity index is 557. The number of aliphatic hydroxyl groups is 1. The highest BCUT2D eigenvalue weighted by Gasteiger charge is 2.12. The molecule has 0 aliphatic heterocycles. The van der Waals surface area contributed by atoms with Crippen LogP contribution in [0.1, 0.15) is 17.2 Å². The van der Waals surface area contributed by atoms with Gasteiger partial charge >= 0.3 is 0 Å². The van der Waals surface area contributed by atoms with Gasteiger partial charge < -0.3 is 5.11 Å². The Kier molecular flexibility index (Phi) is 4.90. The topological polar surface area (TPSA) is 20.2 Å². The molecule has 0 radical (unpaired) electrons. The van der Waals surface area contributed by atoms with Crippen LogP contribution in [0.4, 0.5) is 0 Å². The molecule has 1 N–H and O–H groups in total. The van der Waals surface area contributed by atoms with E-state index >= 15 is 0 Å². The fourth-order valence-corrected chi connectivity index (χ4v) is 2.71. The summed E-state index contributed by atoms with van der Waals surface area (Å²) in [6.45, 7) is 0. The van der Waals surface area contributed by atoms with Crippen LogP contribution in [0.5, 0.6) is 0 Å². The van der Waals surface area contributed by atoms with Crippen LogP contribution < -0.4 is 0 Å². The summed E-state index contributed by atoms with van der Waals surface area (Å²) >= 11 is 14.3. The van der Waals surface area contributed by atoms with E-state index in [2.05, 4.69) is 22.6 Å². The number of aliphatic hydroxyl groups excluding tert-OH is 1. The van der Waals surface area contributed by atoms with Gasteiger partial charge in [0.25, 0.3) is 0 Å². The molecule has 18 heavy (non-hydrogen) atoms. The predicted molar refractivity (Wildman–Crippen MR) is 84.3 cm³/mol. The van der Waals surface area contributed by atoms with Crippen molar-refractivity contribution in [1.29, 1.82) is 0 Å². The molecule has 2 aromatic rings. The monoisotopic (exact) mass is 392 g/mol. The number of benzene rings is 2. The Labute approximate surface area is 130 Å². The molecule has 0 aliphatic rings. The van der Waals surface area contributed by atoms with E-state index in [0.29, 0.717) is 16.5 Å². The first-order valence-electron chi connectivity index (χ1n) is 5.44. The third kappa shape index (κ3) is 3.38. The zero-order valence-corrected chi connectivity index (χ0v) is 13.1. The molecule has 2 rings (SSSR count). The highest BCUT2D eigenvalue weighted by atomic mass is 127. The van der Waals surface area contributed by atoms with Gasteiger partial charge in [-0.05, 0) is 51.9 Å². The summed E-state index contributed by atoms with van der Waals surface area (Å²) in [5, 5.41) is 11.2. The maximum absolute atomic E-state index is 10.2. The van der Waals surface area contributed by atoms with Crippen LogP contribution in [0.25, 0.3) is 0 Å². The Hall–Kier alpha value is -0.290. The maximum Gasteiger partial charge on any atom is 0.0831 e. The summed E-state index contributed by atoms with van der Waals surface area (Å²) in [5.41, 5.74) is 1.74. The van der Waals surface area contributed by atoms with Gasteiger partial charge in [-0.25, -0.2) is 0 Å². The van der Waals surface area contributed by atoms with Crippen LogP contribution in [0, 0.1) is 3.57 Å². The van der Waals surface area contributed by atoms with Gasteiger partial charge in [0.15, 0.2) is 0 Å². The largest absolute Gasteiger partial charge is 0.388 e. The van der Waals surface area contributed by atoms with Crippen molar-refractivity contribution in [3.8, 4) is 0 Å². The first-order chi connectivity index (χ1) is 8.58. The molecular weight excluding hydrogens is 382 g/mol. The molecule has 0 aliphatic carbocycles. The van der Waals surface area contributed by atoms with Crippen molar-refractivity contribution in [2.75, 3.05) is 0 Å². The molecule has 94 valence electrons. The Balaban J connectivity index is 2.21. The summed E-state index contributed by atoms with van der Waals surface area (Å²) in [5.74, 6) is 0. The number of hydrogen-bond donors (Lipinski definition) is 1. The molecule has 2 aromatic carbocycles. The first kappa shape index (κ1) is 14.1. The van der Waals surface area contributed by atoms with Gasteiger partial charge in [0.2, 0.25) is 0 Å². The Morgan fingerprint density at radius 1 is 1.11 bits per heavy atom. The van der Waals surface area contributed by atoms with Crippen molar-refractivity contribution < 1.29 is 5.11 Å². The quantitative estimate of drug-likeness (QED) is 0.738. The van der Waals surface area contributed by atoms with Gasteiger partial charge in [-0.3, -0.25) is 0 Å². The van der Waals surface area contributed by atoms with Gasteiger partial charge in [-0.15, -0.1) is 0 Å². The van der Waals surface area contributed by atoms with Crippen molar-refractivity contribution >= 4 is 45.8 Å². The van der Waals surface area contributed by atoms with E-state index in [1.165, 1.54) is 0 Å². The second kappa shape index (κ2) is 6.24. The lowest BCUT2D eigenvalue weighted by Gasteiger charge is -2.13. The SMILES string of the molecule is OC(Cc1cccc(Cl)c1Cl)c1cccc(I)c1. The van der Waals surface area contributed by atoms with Crippen LogP contribution in [0.3, 0.4) is 0 Å². The zero-order chi connectivity index (χ0) is 13.1. The number of hydrogen-bond acceptors (Lipinski definition) is 1. The molecule has 1 nitrogen and oxygen atoms in total. The summed E-state index contributed by atoms with van der Waals surface area (Å²) < 4.78 is 1.10. The van der Waals surface area contributed by atoms with E-state index in [0.717, 1.165) is 14.7 Å². The molecule has 0 heterocycles. The van der Waals surface area contributed by atoms with Gasteiger partial charge in [0.1, 0.15) is 0 Å². The van der Waals surface area contributed by atoms with Crippen LogP contribution in [0.15, 0.2) is 42.5 Å². The fraction of sp³-hybridized carbons (Fsp3) is 0.143. The summed E-state index contributed by atoms with van der Waals surface area (Å²) in [4.78, 5) is 0. The lowest BCUT2D eigenvalue weighted by atomic mass is 10.0. The normalized spacial score (nSPS) is 12.4. The van der Waals surface area contributed by atoms with Crippen LogP contribution in [0.2, 0.25) is 10.0 Å². The Morgan fingerprint density at radius 3 is 2.56 bits per heavy atom. The number of rotatable bonds is 3. The average Bonchev–Trinajstić information content (AvgIpc) is 2.35. The lowest BCUT2D eigenvalue weighted by Crippen LogP contribution is -2.02. The third-order valence-electron chi connectivity index (χ3n) is 2.68. The molecule has 0 saturated carbocycles. The van der Waals surface area contributed by atoms with Gasteiger partial charge in [0.05, 0.1) is 16.1 Å². The van der Waals surface area contributed by atoms with Crippen LogP contribution in [-0.2, 0) is 6.42 Å². The zero-order valence-electron chi connectivity index (χ0n) is 9.41. The highest BCUT2D eigenvalue weighted by Crippen LogP contribution is 2.29. The molecule has 0 spiro atoms. The molecule has 0 bridgehead atoms. The minimum Gasteiger partial charge on any atom is -0.388 e. The Morgan fingerprint density at radius 2 is 1.83 bits per heavy atom. The second-order valence-corrected chi connectivity index (χ2v) is 6.02. The van der Waals surface area contributed by atoms with Crippen molar-refractivity contribution in [2.24, 2.45) is 0 Å². The van der Waals surface area contributed by atoms with Crippen LogP contribution >= 0.6 is 45.8 Å². The van der Waals surface area contributed by atoms with E-state index < -0.39 is 6.10 Å². The molecule has 1 atom stereocenters. The predicted octanol–water partition coefficient (Wildman–Crippen LogP) is 4.87. The molecule has 1 unspecified atom stereocenters. The third-order valence-corrected chi connectivity index (χ3v) is 4.21. The standard InChI is InChI=1S/C14H11Cl2IO/c15-12-6-2-4-10(14(12)16)8-13(18)9-3-1-5-11(17)7-9/h1-7,13,18H,8H2. The molecular formula is C14H11Cl2IO. The first-order valence-corrected chi connectivity index (χ1v) is 7.28. The minimum absolute atomic E-state index is 0.458. The molecule has 0 amide bonds. The van der Waals surface area contributed by atoms with Gasteiger partial charge in [-0.2, -0.15) is 0 Å². The van der Waals surface area contributed by atoms with Crippen molar-refractivity contribution in [3.63, 3.8) is 0 Å². The van der Waals surface area contributed by atoms with Crippen molar-refractivity contribution in [2.45, 2.75) is 12.5 Å². The van der Waals surface area contributed by atoms with Crippen molar-refractivity contribution in [1.82, 2.24) is 0 Å². The molecule has 0 fully saturated rings. The minimum atomic E-state index is -0.573. The maximum atomic E-state index is 10.2. The number of halogens is 3. The van der Waals surface area contributed by atoms with Gasteiger partial charge in [-0.1, -0.05) is 47.5 Å². The highest BCUT2D eigenvalue weighted by molar-refractivity contribution is 14.1.